The predicted octanol–water partition coefficient (Wildman–Crippen LogP) is 2.41. The summed E-state index contributed by atoms with van der Waals surface area (Å²) in [5, 5.41) is 2.97. The molecule has 1 heterocycles. The molecule has 1 aliphatic rings. The molecule has 1 aromatic rings. The second-order valence-electron chi connectivity index (χ2n) is 5.17. The van der Waals surface area contributed by atoms with Gasteiger partial charge in [0.15, 0.2) is 0 Å². The second-order valence-corrected chi connectivity index (χ2v) is 6.42. The minimum atomic E-state index is -3.24. The Morgan fingerprint density at radius 1 is 1.45 bits per heavy atom. The van der Waals surface area contributed by atoms with Crippen molar-refractivity contribution in [1.82, 2.24) is 4.90 Å². The van der Waals surface area contributed by atoms with Gasteiger partial charge in [0.25, 0.3) is 0 Å². The first-order chi connectivity index (χ1) is 10.3. The van der Waals surface area contributed by atoms with Crippen LogP contribution in [0.3, 0.4) is 0 Å². The number of hydrogen-bond donors (Lipinski definition) is 2. The van der Waals surface area contributed by atoms with Gasteiger partial charge in [0.05, 0.1) is 29.1 Å². The molecule has 0 unspecified atom stereocenters. The van der Waals surface area contributed by atoms with E-state index >= 15 is 0 Å². The van der Waals surface area contributed by atoms with Crippen LogP contribution in [0.2, 0.25) is 0 Å². The summed E-state index contributed by atoms with van der Waals surface area (Å²) in [6.07, 6.45) is 1.86. The molecule has 0 aromatic heterocycles. The van der Waals surface area contributed by atoms with Gasteiger partial charge >= 0.3 is 4.12 Å². The maximum absolute atomic E-state index is 12.7. The standard InChI is InChI=1S/C14H18F2IN3O2/c15-14(16,17)22-12-5-3-11(4-6-12)19-8-13(21)20-7-1-2-10(18)9-20/h3-6,10,19H,1-2,7-9,18H2/t10-/m1/s1. The molecule has 0 radical (unpaired) electrons. The van der Waals surface area contributed by atoms with Crippen LogP contribution in [-0.4, -0.2) is 40.6 Å². The Bertz CT molecular complexity index is 508. The molecular weight excluding hydrogens is 407 g/mol. The van der Waals surface area contributed by atoms with Crippen LogP contribution in [0.1, 0.15) is 12.8 Å². The van der Waals surface area contributed by atoms with Crippen molar-refractivity contribution in [3.63, 3.8) is 0 Å². The van der Waals surface area contributed by atoms with Gasteiger partial charge in [-0.15, -0.1) is 0 Å². The highest BCUT2D eigenvalue weighted by Gasteiger charge is 2.26. The number of carbonyl (C=O) groups excluding carboxylic acids is 1. The largest absolute Gasteiger partial charge is 0.451 e. The van der Waals surface area contributed by atoms with Gasteiger partial charge in [-0.1, -0.05) is 0 Å². The molecule has 1 amide bonds. The molecular formula is C14H18F2IN3O2. The van der Waals surface area contributed by atoms with E-state index in [0.29, 0.717) is 12.2 Å². The smallest absolute Gasteiger partial charge is 0.425 e. The molecule has 1 aliphatic heterocycles. The molecule has 0 spiro atoms. The van der Waals surface area contributed by atoms with Crippen LogP contribution in [0.5, 0.6) is 5.75 Å². The number of amides is 1. The number of anilines is 1. The average molecular weight is 425 g/mol. The molecule has 8 heteroatoms. The van der Waals surface area contributed by atoms with Gasteiger partial charge in [-0.25, -0.2) is 0 Å². The van der Waals surface area contributed by atoms with Crippen molar-refractivity contribution in [3.8, 4) is 5.75 Å². The van der Waals surface area contributed by atoms with E-state index in [1.165, 1.54) is 12.1 Å². The van der Waals surface area contributed by atoms with Gasteiger partial charge in [0.2, 0.25) is 5.91 Å². The Labute approximate surface area is 141 Å². The Hall–Kier alpha value is -1.16. The van der Waals surface area contributed by atoms with E-state index in [0.717, 1.165) is 42.0 Å². The highest BCUT2D eigenvalue weighted by molar-refractivity contribution is 14.1. The molecule has 3 N–H and O–H groups in total. The van der Waals surface area contributed by atoms with Crippen LogP contribution in [0, 0.1) is 0 Å². The van der Waals surface area contributed by atoms with Crippen LogP contribution >= 0.6 is 22.6 Å². The van der Waals surface area contributed by atoms with Crippen molar-refractivity contribution in [3.05, 3.63) is 24.3 Å². The number of hydrogen-bond acceptors (Lipinski definition) is 4. The van der Waals surface area contributed by atoms with E-state index in [1.54, 1.807) is 17.0 Å². The normalized spacial score (nSPS) is 18.9. The zero-order chi connectivity index (χ0) is 16.2. The lowest BCUT2D eigenvalue weighted by Gasteiger charge is -2.30. The topological polar surface area (TPSA) is 67.6 Å². The zero-order valence-corrected chi connectivity index (χ0v) is 14.1. The summed E-state index contributed by atoms with van der Waals surface area (Å²) in [5.74, 6) is 0.0487. The highest BCUT2D eigenvalue weighted by Crippen LogP contribution is 2.28. The molecule has 1 saturated heterocycles. The Kier molecular flexibility index (Phi) is 5.79. The minimum absolute atomic E-state index is 0.0192. The number of carbonyl (C=O) groups is 1. The summed E-state index contributed by atoms with van der Waals surface area (Å²) in [6, 6.07) is 6.08. The number of halogens is 3. The molecule has 5 nitrogen and oxygen atoms in total. The number of benzene rings is 1. The number of nitrogens with two attached hydrogens (primary N) is 1. The van der Waals surface area contributed by atoms with Crippen molar-refractivity contribution < 1.29 is 18.3 Å². The maximum Gasteiger partial charge on any atom is 0.451 e. The molecule has 0 bridgehead atoms. The van der Waals surface area contributed by atoms with Gasteiger partial charge in [0, 0.05) is 24.8 Å². The summed E-state index contributed by atoms with van der Waals surface area (Å²) in [4.78, 5) is 13.8. The molecule has 1 fully saturated rings. The number of ether oxygens (including phenoxy) is 1. The van der Waals surface area contributed by atoms with Crippen molar-refractivity contribution >= 4 is 34.2 Å². The molecule has 1 atom stereocenters. The molecule has 1 aromatic carbocycles. The molecule has 0 saturated carbocycles. The van der Waals surface area contributed by atoms with Crippen LogP contribution in [0.25, 0.3) is 0 Å². The first-order valence-corrected chi connectivity index (χ1v) is 8.04. The van der Waals surface area contributed by atoms with Crippen LogP contribution in [0.15, 0.2) is 24.3 Å². The van der Waals surface area contributed by atoms with Crippen molar-refractivity contribution in [2.24, 2.45) is 5.73 Å². The number of rotatable bonds is 5. The predicted molar refractivity (Wildman–Crippen MR) is 88.3 cm³/mol. The lowest BCUT2D eigenvalue weighted by Crippen LogP contribution is -2.47. The maximum atomic E-state index is 12.7. The molecule has 2 rings (SSSR count). The third-order valence-electron chi connectivity index (χ3n) is 3.34. The summed E-state index contributed by atoms with van der Waals surface area (Å²) in [6.45, 7) is 1.46. The molecule has 122 valence electrons. The van der Waals surface area contributed by atoms with Crippen LogP contribution in [-0.2, 0) is 4.79 Å². The van der Waals surface area contributed by atoms with Crippen LogP contribution < -0.4 is 15.8 Å². The van der Waals surface area contributed by atoms with Crippen molar-refractivity contribution in [2.75, 3.05) is 25.0 Å². The van der Waals surface area contributed by atoms with Gasteiger partial charge in [0.1, 0.15) is 5.75 Å². The van der Waals surface area contributed by atoms with Crippen molar-refractivity contribution in [2.45, 2.75) is 23.0 Å². The number of alkyl halides is 3. The first kappa shape index (κ1) is 17.2. The van der Waals surface area contributed by atoms with Crippen molar-refractivity contribution in [1.29, 1.82) is 0 Å². The fraction of sp³-hybridized carbons (Fsp3) is 0.500. The van der Waals surface area contributed by atoms with Gasteiger partial charge in [-0.05, 0) is 37.1 Å². The van der Waals surface area contributed by atoms with Gasteiger partial charge < -0.3 is 20.7 Å². The second kappa shape index (κ2) is 7.40. The van der Waals surface area contributed by atoms with E-state index in [9.17, 15) is 13.6 Å². The SMILES string of the molecule is N[C@@H]1CCCN(C(=O)CNc2ccc(OC(F)(F)I)cc2)C1. The van der Waals surface area contributed by atoms with Gasteiger partial charge in [-0.2, -0.15) is 8.78 Å². The lowest BCUT2D eigenvalue weighted by atomic mass is 10.1. The third kappa shape index (κ3) is 5.56. The van der Waals surface area contributed by atoms with E-state index in [1.807, 2.05) is 0 Å². The van der Waals surface area contributed by atoms with E-state index < -0.39 is 4.12 Å². The van der Waals surface area contributed by atoms with E-state index in [-0.39, 0.29) is 24.2 Å². The first-order valence-electron chi connectivity index (χ1n) is 6.96. The third-order valence-corrected chi connectivity index (χ3v) is 3.56. The lowest BCUT2D eigenvalue weighted by molar-refractivity contribution is -0.130. The number of nitrogens with one attached hydrogen (secondary N) is 1. The summed E-state index contributed by atoms with van der Waals surface area (Å²) in [5.41, 5.74) is 6.51. The number of nitrogens with zero attached hydrogens (tertiary/aromatic N) is 1. The monoisotopic (exact) mass is 425 g/mol. The van der Waals surface area contributed by atoms with E-state index in [2.05, 4.69) is 10.1 Å². The Morgan fingerprint density at radius 3 is 2.73 bits per heavy atom. The quantitative estimate of drug-likeness (QED) is 0.562. The summed E-state index contributed by atoms with van der Waals surface area (Å²) < 4.78 is 26.6. The van der Waals surface area contributed by atoms with Gasteiger partial charge in [-0.3, -0.25) is 4.79 Å². The fourth-order valence-corrected chi connectivity index (χ4v) is 2.55. The Morgan fingerprint density at radius 2 is 2.14 bits per heavy atom. The number of piperidine rings is 1. The number of likely N-dealkylation sites (tertiary alicyclic amines) is 1. The Balaban J connectivity index is 1.82. The van der Waals surface area contributed by atoms with Crippen LogP contribution in [0.4, 0.5) is 14.5 Å². The highest BCUT2D eigenvalue weighted by atomic mass is 127. The fourth-order valence-electron chi connectivity index (χ4n) is 2.30. The summed E-state index contributed by atoms with van der Waals surface area (Å²) in [7, 11) is 0. The molecule has 0 aliphatic carbocycles. The average Bonchev–Trinajstić information content (AvgIpc) is 2.44. The minimum Gasteiger partial charge on any atom is -0.425 e. The summed E-state index contributed by atoms with van der Waals surface area (Å²) >= 11 is 0.909. The molecule has 22 heavy (non-hydrogen) atoms. The zero-order valence-electron chi connectivity index (χ0n) is 11.9. The van der Waals surface area contributed by atoms with E-state index in [4.69, 9.17) is 5.73 Å².